The van der Waals surface area contributed by atoms with Crippen molar-refractivity contribution in [2.75, 3.05) is 5.32 Å². The van der Waals surface area contributed by atoms with Crippen molar-refractivity contribution < 1.29 is 45.2 Å². The Morgan fingerprint density at radius 1 is 0.957 bits per heavy atom. The van der Waals surface area contributed by atoms with E-state index >= 15 is 0 Å². The number of nitro benzene ring substituents is 1. The second-order valence-electron chi connectivity index (χ2n) is 9.59. The number of nitroso groups, excluding NO2 is 1. The third kappa shape index (κ3) is 8.17. The summed E-state index contributed by atoms with van der Waals surface area (Å²) in [7, 11) is 0. The van der Waals surface area contributed by atoms with E-state index in [1.807, 2.05) is 0 Å². The fourth-order valence-corrected chi connectivity index (χ4v) is 4.38. The highest BCUT2D eigenvalue weighted by Gasteiger charge is 2.38. The molecule has 0 aliphatic heterocycles. The number of hydrogen-bond donors (Lipinski definition) is 2. The summed E-state index contributed by atoms with van der Waals surface area (Å²) in [6.07, 6.45) is -8.92. The maximum atomic E-state index is 14.3. The van der Waals surface area contributed by atoms with Gasteiger partial charge in [0.05, 0.1) is 33.5 Å². The quantitative estimate of drug-likeness (QED) is 0.0462. The summed E-state index contributed by atoms with van der Waals surface area (Å²) < 4.78 is 96.3. The number of nitrogens with zero attached hydrogens (tertiary/aromatic N) is 4. The van der Waals surface area contributed by atoms with Gasteiger partial charge in [-0.15, -0.1) is 4.91 Å². The van der Waals surface area contributed by atoms with Crippen LogP contribution in [0.2, 0.25) is 0 Å². The maximum Gasteiger partial charge on any atom is 0.418 e. The molecule has 47 heavy (non-hydrogen) atoms. The molecule has 3 aromatic carbocycles. The lowest BCUT2D eigenvalue weighted by atomic mass is 9.96. The van der Waals surface area contributed by atoms with Crippen LogP contribution in [0.3, 0.4) is 0 Å². The molecule has 0 saturated heterocycles. The average Bonchev–Trinajstić information content (AvgIpc) is 3.00. The molecular weight excluding hydrogens is 645 g/mol. The van der Waals surface area contributed by atoms with Crippen molar-refractivity contribution in [3.8, 4) is 0 Å². The van der Waals surface area contributed by atoms with Gasteiger partial charge in [-0.2, -0.15) is 35.7 Å². The first-order chi connectivity index (χ1) is 22.1. The van der Waals surface area contributed by atoms with E-state index in [1.54, 1.807) is 0 Å². The topological polar surface area (TPSA) is 156 Å². The molecule has 0 aliphatic carbocycles. The number of rotatable bonds is 9. The summed E-state index contributed by atoms with van der Waals surface area (Å²) in [6, 6.07) is 7.21. The van der Waals surface area contributed by atoms with E-state index in [0.29, 0.717) is 30.3 Å². The largest absolute Gasteiger partial charge is 0.418 e. The highest BCUT2D eigenvalue weighted by molar-refractivity contribution is 5.90. The number of isocyanates is 1. The number of benzene rings is 3. The summed E-state index contributed by atoms with van der Waals surface area (Å²) in [6.45, 7) is 0. The minimum atomic E-state index is -5.09. The lowest BCUT2D eigenvalue weighted by Gasteiger charge is -2.24. The predicted octanol–water partition coefficient (Wildman–Crippen LogP) is 8.03. The first kappa shape index (κ1) is 33.9. The van der Waals surface area contributed by atoms with Gasteiger partial charge >= 0.3 is 24.1 Å². The smallest absolute Gasteiger partial charge is 0.325 e. The summed E-state index contributed by atoms with van der Waals surface area (Å²) in [5.74, 6) is -1.24. The summed E-state index contributed by atoms with van der Waals surface area (Å²) in [5.41, 5.74) is -5.18. The average molecular weight is 662 g/mol. The molecule has 0 radical (unpaired) electrons. The van der Waals surface area contributed by atoms with Gasteiger partial charge in [-0.1, -0.05) is 18.2 Å². The van der Waals surface area contributed by atoms with Gasteiger partial charge in [0.1, 0.15) is 5.69 Å². The number of anilines is 1. The van der Waals surface area contributed by atoms with E-state index < -0.39 is 57.7 Å². The van der Waals surface area contributed by atoms with Gasteiger partial charge in [0.2, 0.25) is 11.9 Å². The van der Waals surface area contributed by atoms with Gasteiger partial charge in [-0.25, -0.2) is 9.59 Å². The number of nitrogens with one attached hydrogen (secondary N) is 2. The van der Waals surface area contributed by atoms with Crippen LogP contribution in [0.25, 0.3) is 0 Å². The third-order valence-corrected chi connectivity index (χ3v) is 6.52. The standard InChI is InChI=1S/C29H17F7N6O5/c30-22-10-8-20(13-24(22)42(46)47)39-27(44)40-25(15-1-4-17(5-2-15)28(31,32)33)26-21(29(34,35)36)9-7-19(38-26)11-16-3-6-18(37-14-43)12-23(16)41-45/h1-10,12-13,25H,11H2,(H2,39,40,44)/t25-/m0/s1. The fourth-order valence-electron chi connectivity index (χ4n) is 4.38. The van der Waals surface area contributed by atoms with Crippen LogP contribution in [0, 0.1) is 20.8 Å². The number of amides is 2. The molecule has 11 nitrogen and oxygen atoms in total. The molecule has 1 heterocycles. The van der Waals surface area contributed by atoms with Crippen LogP contribution < -0.4 is 10.6 Å². The Morgan fingerprint density at radius 2 is 1.66 bits per heavy atom. The number of urea groups is 1. The monoisotopic (exact) mass is 662 g/mol. The van der Waals surface area contributed by atoms with Gasteiger partial charge in [0.15, 0.2) is 0 Å². The number of carbonyl (C=O) groups excluding carboxylic acids is 2. The molecule has 4 rings (SSSR count). The number of pyridine rings is 1. The van der Waals surface area contributed by atoms with Crippen molar-refractivity contribution in [3.05, 3.63) is 127 Å². The van der Waals surface area contributed by atoms with Crippen molar-refractivity contribution in [2.45, 2.75) is 24.8 Å². The van der Waals surface area contributed by atoms with Crippen molar-refractivity contribution in [3.63, 3.8) is 0 Å². The molecular formula is C29H17F7N6O5. The van der Waals surface area contributed by atoms with E-state index in [0.717, 1.165) is 30.3 Å². The van der Waals surface area contributed by atoms with Crippen LogP contribution >= 0.6 is 0 Å². The molecule has 18 heteroatoms. The number of alkyl halides is 6. The van der Waals surface area contributed by atoms with Crippen LogP contribution in [-0.2, 0) is 23.6 Å². The first-order valence-corrected chi connectivity index (χ1v) is 12.9. The van der Waals surface area contributed by atoms with Crippen LogP contribution in [0.5, 0.6) is 0 Å². The Balaban J connectivity index is 1.81. The molecule has 4 aromatic rings. The zero-order valence-corrected chi connectivity index (χ0v) is 23.2. The molecule has 0 spiro atoms. The number of aromatic nitrogens is 1. The van der Waals surface area contributed by atoms with Crippen LogP contribution in [0.1, 0.15) is 39.7 Å². The number of aliphatic imine (C=N–C) groups is 1. The van der Waals surface area contributed by atoms with Gasteiger partial charge in [0, 0.05) is 23.9 Å². The number of carbonyl (C=O) groups is 1. The predicted molar refractivity (Wildman–Crippen MR) is 150 cm³/mol. The number of halogens is 7. The van der Waals surface area contributed by atoms with Crippen LogP contribution in [0.4, 0.5) is 58.3 Å². The molecule has 1 aromatic heterocycles. The van der Waals surface area contributed by atoms with Crippen molar-refractivity contribution in [1.82, 2.24) is 10.3 Å². The molecule has 1 atom stereocenters. The van der Waals surface area contributed by atoms with E-state index in [9.17, 15) is 55.3 Å². The van der Waals surface area contributed by atoms with E-state index in [4.69, 9.17) is 0 Å². The molecule has 2 amide bonds. The van der Waals surface area contributed by atoms with E-state index in [2.05, 4.69) is 25.8 Å². The molecule has 0 bridgehead atoms. The lowest BCUT2D eigenvalue weighted by Crippen LogP contribution is -2.35. The molecule has 0 fully saturated rings. The lowest BCUT2D eigenvalue weighted by molar-refractivity contribution is -0.387. The van der Waals surface area contributed by atoms with Gasteiger partial charge < -0.3 is 10.6 Å². The second kappa shape index (κ2) is 13.5. The van der Waals surface area contributed by atoms with Crippen molar-refractivity contribution in [2.24, 2.45) is 10.2 Å². The SMILES string of the molecule is O=C=Nc1ccc(Cc2ccc(C(F)(F)F)c([C@@H](NC(=O)Nc3ccc(F)c([N+](=O)[O-])c3)c3ccc(C(F)(F)F)cc3)n2)c(N=O)c1. The number of nitro groups is 1. The first-order valence-electron chi connectivity index (χ1n) is 12.9. The summed E-state index contributed by atoms with van der Waals surface area (Å²) in [4.78, 5) is 52.4. The van der Waals surface area contributed by atoms with E-state index in [-0.39, 0.29) is 40.3 Å². The van der Waals surface area contributed by atoms with Gasteiger partial charge in [0.25, 0.3) is 0 Å². The molecule has 0 aliphatic rings. The summed E-state index contributed by atoms with van der Waals surface area (Å²) >= 11 is 0. The highest BCUT2D eigenvalue weighted by atomic mass is 19.4. The van der Waals surface area contributed by atoms with E-state index in [1.165, 1.54) is 18.2 Å². The van der Waals surface area contributed by atoms with Crippen molar-refractivity contribution >= 4 is 34.9 Å². The summed E-state index contributed by atoms with van der Waals surface area (Å²) in [5, 5.41) is 18.2. The normalized spacial score (nSPS) is 12.1. The maximum absolute atomic E-state index is 14.3. The Morgan fingerprint density at radius 3 is 2.26 bits per heavy atom. The van der Waals surface area contributed by atoms with Gasteiger partial charge in [-0.3, -0.25) is 15.1 Å². The molecule has 2 N–H and O–H groups in total. The van der Waals surface area contributed by atoms with Crippen molar-refractivity contribution in [1.29, 1.82) is 0 Å². The molecule has 0 unspecified atom stereocenters. The Kier molecular flexibility index (Phi) is 9.75. The molecule has 242 valence electrons. The second-order valence-corrected chi connectivity index (χ2v) is 9.59. The van der Waals surface area contributed by atoms with Crippen LogP contribution in [0.15, 0.2) is 83.0 Å². The fraction of sp³-hybridized carbons (Fsp3) is 0.138. The van der Waals surface area contributed by atoms with Gasteiger partial charge in [-0.05, 0) is 64.8 Å². The zero-order valence-electron chi connectivity index (χ0n) is 23.2. The minimum absolute atomic E-state index is 0.0171. The highest BCUT2D eigenvalue weighted by Crippen LogP contribution is 2.38. The van der Waals surface area contributed by atoms with Crippen LogP contribution in [-0.4, -0.2) is 22.0 Å². The Hall–Kier alpha value is -6.03. The zero-order chi connectivity index (χ0) is 34.5. The number of hydrogen-bond acceptors (Lipinski definition) is 8. The minimum Gasteiger partial charge on any atom is -0.325 e. The molecule has 0 saturated carbocycles. The third-order valence-electron chi connectivity index (χ3n) is 6.52. The Labute approximate surface area is 258 Å². The Bertz CT molecular complexity index is 1890.